The standard InChI is InChI=1S/C34H36N4O5S/c1-25-9-17-32(18-10-25)44(41,42)38(30-14-11-26(2)27(3)21-30)23-33(39)37-36-22-29-12-15-31(16-13-29)43-24-34(40)35-20-19-28-7-5-4-6-8-28/h4-18,21-22H,19-20,23-24H2,1-3H3,(H,35,40)(H,37,39)/b36-22-. The van der Waals surface area contributed by atoms with E-state index in [2.05, 4.69) is 15.8 Å². The van der Waals surface area contributed by atoms with Crippen LogP contribution in [0.15, 0.2) is 107 Å². The minimum atomic E-state index is -4.03. The maximum atomic E-state index is 13.6. The molecule has 2 amide bonds. The number of carbonyl (C=O) groups excluding carboxylic acids is 2. The minimum Gasteiger partial charge on any atom is -0.484 e. The molecule has 0 aliphatic rings. The van der Waals surface area contributed by atoms with Crippen LogP contribution in [0.2, 0.25) is 0 Å². The fourth-order valence-electron chi connectivity index (χ4n) is 4.22. The Hall–Kier alpha value is -4.96. The Morgan fingerprint density at radius 3 is 2.23 bits per heavy atom. The quantitative estimate of drug-likeness (QED) is 0.168. The average Bonchev–Trinajstić information content (AvgIpc) is 3.01. The van der Waals surface area contributed by atoms with Crippen LogP contribution in [-0.2, 0) is 26.0 Å². The molecule has 2 N–H and O–H groups in total. The number of hydrogen-bond acceptors (Lipinski definition) is 6. The van der Waals surface area contributed by atoms with E-state index >= 15 is 0 Å². The summed E-state index contributed by atoms with van der Waals surface area (Å²) >= 11 is 0. The first-order valence-corrected chi connectivity index (χ1v) is 15.6. The Morgan fingerprint density at radius 2 is 1.55 bits per heavy atom. The predicted octanol–water partition coefficient (Wildman–Crippen LogP) is 4.70. The minimum absolute atomic E-state index is 0.0876. The number of rotatable bonds is 13. The molecule has 44 heavy (non-hydrogen) atoms. The van der Waals surface area contributed by atoms with Crippen LogP contribution >= 0.6 is 0 Å². The van der Waals surface area contributed by atoms with Gasteiger partial charge in [0.15, 0.2) is 6.61 Å². The second kappa shape index (κ2) is 15.0. The molecule has 0 saturated heterocycles. The third-order valence-corrected chi connectivity index (χ3v) is 8.69. The number of anilines is 1. The van der Waals surface area contributed by atoms with Crippen molar-refractivity contribution in [2.45, 2.75) is 32.1 Å². The number of nitrogens with one attached hydrogen (secondary N) is 2. The van der Waals surface area contributed by atoms with Gasteiger partial charge >= 0.3 is 0 Å². The van der Waals surface area contributed by atoms with Crippen molar-refractivity contribution >= 4 is 33.7 Å². The van der Waals surface area contributed by atoms with Crippen molar-refractivity contribution in [2.75, 3.05) is 24.0 Å². The summed E-state index contributed by atoms with van der Waals surface area (Å²) in [6, 6.07) is 28.5. The zero-order valence-electron chi connectivity index (χ0n) is 25.0. The van der Waals surface area contributed by atoms with Crippen molar-refractivity contribution in [1.82, 2.24) is 10.7 Å². The first-order valence-electron chi connectivity index (χ1n) is 14.1. The van der Waals surface area contributed by atoms with Crippen molar-refractivity contribution < 1.29 is 22.7 Å². The molecule has 9 nitrogen and oxygen atoms in total. The summed E-state index contributed by atoms with van der Waals surface area (Å²) in [5, 5.41) is 6.83. The third-order valence-electron chi connectivity index (χ3n) is 6.91. The Labute approximate surface area is 258 Å². The lowest BCUT2D eigenvalue weighted by molar-refractivity contribution is -0.123. The SMILES string of the molecule is Cc1ccc(S(=O)(=O)N(CC(=O)N/N=C\c2ccc(OCC(=O)NCCc3ccccc3)cc2)c2ccc(C)c(C)c2)cc1. The monoisotopic (exact) mass is 612 g/mol. The van der Waals surface area contributed by atoms with Gasteiger partial charge in [-0.1, -0.05) is 54.1 Å². The Balaban J connectivity index is 1.32. The lowest BCUT2D eigenvalue weighted by atomic mass is 10.1. The summed E-state index contributed by atoms with van der Waals surface area (Å²) in [7, 11) is -4.03. The van der Waals surface area contributed by atoms with Crippen LogP contribution in [0.4, 0.5) is 5.69 Å². The summed E-state index contributed by atoms with van der Waals surface area (Å²) in [5.74, 6) is -0.309. The van der Waals surface area contributed by atoms with Crippen LogP contribution in [-0.4, -0.2) is 46.1 Å². The summed E-state index contributed by atoms with van der Waals surface area (Å²) < 4.78 is 33.8. The van der Waals surface area contributed by atoms with E-state index in [1.807, 2.05) is 57.2 Å². The fourth-order valence-corrected chi connectivity index (χ4v) is 5.63. The molecule has 0 unspecified atom stereocenters. The molecule has 228 valence electrons. The van der Waals surface area contributed by atoms with Gasteiger partial charge in [-0.05, 0) is 98.0 Å². The number of amides is 2. The number of benzene rings is 4. The van der Waals surface area contributed by atoms with E-state index in [4.69, 9.17) is 4.74 Å². The molecule has 4 rings (SSSR count). The number of hydrazone groups is 1. The van der Waals surface area contributed by atoms with Gasteiger partial charge in [0.1, 0.15) is 12.3 Å². The number of ether oxygens (including phenoxy) is 1. The number of carbonyl (C=O) groups is 2. The van der Waals surface area contributed by atoms with E-state index in [9.17, 15) is 18.0 Å². The highest BCUT2D eigenvalue weighted by Gasteiger charge is 2.27. The van der Waals surface area contributed by atoms with Crippen LogP contribution in [0.1, 0.15) is 27.8 Å². The van der Waals surface area contributed by atoms with E-state index in [-0.39, 0.29) is 17.4 Å². The third kappa shape index (κ3) is 9.02. The van der Waals surface area contributed by atoms with E-state index in [0.717, 1.165) is 33.0 Å². The molecule has 10 heteroatoms. The number of aryl methyl sites for hydroxylation is 3. The predicted molar refractivity (Wildman–Crippen MR) is 172 cm³/mol. The molecule has 0 aliphatic heterocycles. The summed E-state index contributed by atoms with van der Waals surface area (Å²) in [6.07, 6.45) is 2.18. The van der Waals surface area contributed by atoms with Crippen molar-refractivity contribution in [3.63, 3.8) is 0 Å². The molecule has 0 radical (unpaired) electrons. The molecule has 0 fully saturated rings. The van der Waals surface area contributed by atoms with Gasteiger partial charge in [0.25, 0.3) is 21.8 Å². The molecule has 0 aromatic heterocycles. The zero-order valence-corrected chi connectivity index (χ0v) is 25.8. The van der Waals surface area contributed by atoms with Crippen LogP contribution in [0, 0.1) is 20.8 Å². The first-order chi connectivity index (χ1) is 21.1. The van der Waals surface area contributed by atoms with Gasteiger partial charge in [0.05, 0.1) is 16.8 Å². The summed E-state index contributed by atoms with van der Waals surface area (Å²) in [4.78, 5) is 25.1. The Morgan fingerprint density at radius 1 is 0.841 bits per heavy atom. The normalized spacial score (nSPS) is 11.2. The molecule has 0 atom stereocenters. The van der Waals surface area contributed by atoms with Gasteiger partial charge in [-0.15, -0.1) is 0 Å². The van der Waals surface area contributed by atoms with Gasteiger partial charge in [0, 0.05) is 6.54 Å². The number of nitrogens with zero attached hydrogens (tertiary/aromatic N) is 2. The van der Waals surface area contributed by atoms with Gasteiger partial charge in [-0.25, -0.2) is 13.8 Å². The van der Waals surface area contributed by atoms with Gasteiger partial charge in [-0.2, -0.15) is 5.10 Å². The molecule has 0 spiro atoms. The average molecular weight is 613 g/mol. The summed E-state index contributed by atoms with van der Waals surface area (Å²) in [5.41, 5.74) is 7.45. The molecule has 0 aliphatic carbocycles. The van der Waals surface area contributed by atoms with Crippen molar-refractivity contribution in [2.24, 2.45) is 5.10 Å². The lowest BCUT2D eigenvalue weighted by Crippen LogP contribution is -2.39. The highest BCUT2D eigenvalue weighted by molar-refractivity contribution is 7.92. The van der Waals surface area contributed by atoms with Crippen molar-refractivity contribution in [1.29, 1.82) is 0 Å². The van der Waals surface area contributed by atoms with Crippen LogP contribution in [0.5, 0.6) is 5.75 Å². The molecule has 0 saturated carbocycles. The van der Waals surface area contributed by atoms with Crippen molar-refractivity contribution in [3.05, 3.63) is 125 Å². The molecule has 4 aromatic rings. The van der Waals surface area contributed by atoms with Gasteiger partial charge < -0.3 is 10.1 Å². The molecule has 0 bridgehead atoms. The Bertz CT molecular complexity index is 1710. The highest BCUT2D eigenvalue weighted by atomic mass is 32.2. The number of sulfonamides is 1. The molecule has 4 aromatic carbocycles. The van der Waals surface area contributed by atoms with Crippen LogP contribution in [0.25, 0.3) is 0 Å². The number of hydrogen-bond donors (Lipinski definition) is 2. The Kier molecular flexibility index (Phi) is 10.9. The van der Waals surface area contributed by atoms with E-state index in [0.29, 0.717) is 23.5 Å². The molecular formula is C34H36N4O5S. The van der Waals surface area contributed by atoms with E-state index in [1.165, 1.54) is 18.3 Å². The van der Waals surface area contributed by atoms with Crippen LogP contribution < -0.4 is 19.8 Å². The fraction of sp³-hybridized carbons (Fsp3) is 0.206. The highest BCUT2D eigenvalue weighted by Crippen LogP contribution is 2.26. The summed E-state index contributed by atoms with van der Waals surface area (Å²) in [6.45, 7) is 5.64. The van der Waals surface area contributed by atoms with Crippen LogP contribution in [0.3, 0.4) is 0 Å². The second-order valence-electron chi connectivity index (χ2n) is 10.3. The largest absolute Gasteiger partial charge is 0.484 e. The van der Waals surface area contributed by atoms with Gasteiger partial charge in [-0.3, -0.25) is 13.9 Å². The van der Waals surface area contributed by atoms with Gasteiger partial charge in [0.2, 0.25) is 0 Å². The maximum absolute atomic E-state index is 13.6. The second-order valence-corrected chi connectivity index (χ2v) is 12.2. The van der Waals surface area contributed by atoms with Crippen molar-refractivity contribution in [3.8, 4) is 5.75 Å². The molecular weight excluding hydrogens is 576 g/mol. The zero-order chi connectivity index (χ0) is 31.5. The van der Waals surface area contributed by atoms with E-state index < -0.39 is 22.5 Å². The van der Waals surface area contributed by atoms with E-state index in [1.54, 1.807) is 48.5 Å². The smallest absolute Gasteiger partial charge is 0.264 e. The maximum Gasteiger partial charge on any atom is 0.264 e. The lowest BCUT2D eigenvalue weighted by Gasteiger charge is -2.24. The molecule has 0 heterocycles. The topological polar surface area (TPSA) is 117 Å². The first kappa shape index (κ1) is 32.0.